The normalized spacial score (nSPS) is 13.1. The maximum absolute atomic E-state index is 14.0. The highest BCUT2D eigenvalue weighted by molar-refractivity contribution is 6.35. The summed E-state index contributed by atoms with van der Waals surface area (Å²) in [5.74, 6) is -1.70. The standard InChI is InChI=1S/C28H24ClF2N5O2/c1-17-4-5-18(26-15-36(34-33-26)16-27(37)35-10-2-3-11-35)12-22(17)28(38)21-8-7-20(14-23(21)29)32-25-9-6-19(30)13-24(25)31/h4-9,12-15,32H,2-3,10-11,16H2,1H3. The van der Waals surface area contributed by atoms with Crippen molar-refractivity contribution >= 4 is 34.7 Å². The molecule has 194 valence electrons. The Morgan fingerprint density at radius 2 is 1.79 bits per heavy atom. The quantitative estimate of drug-likeness (QED) is 0.303. The van der Waals surface area contributed by atoms with Gasteiger partial charge in [-0.25, -0.2) is 13.5 Å². The lowest BCUT2D eigenvalue weighted by Gasteiger charge is -2.14. The van der Waals surface area contributed by atoms with Gasteiger partial charge in [-0.05, 0) is 61.7 Å². The zero-order valence-corrected chi connectivity index (χ0v) is 21.3. The van der Waals surface area contributed by atoms with Crippen LogP contribution in [-0.4, -0.2) is 44.7 Å². The number of nitrogens with zero attached hydrogens (tertiary/aromatic N) is 4. The lowest BCUT2D eigenvalue weighted by atomic mass is 9.96. The maximum atomic E-state index is 14.0. The van der Waals surface area contributed by atoms with Gasteiger partial charge in [0.25, 0.3) is 0 Å². The van der Waals surface area contributed by atoms with Crippen LogP contribution in [0.5, 0.6) is 0 Å². The predicted molar refractivity (Wildman–Crippen MR) is 141 cm³/mol. The van der Waals surface area contributed by atoms with Gasteiger partial charge in [0.2, 0.25) is 5.91 Å². The van der Waals surface area contributed by atoms with Crippen LogP contribution in [0.1, 0.15) is 34.3 Å². The molecule has 0 radical (unpaired) electrons. The molecule has 1 amide bonds. The van der Waals surface area contributed by atoms with E-state index in [1.807, 2.05) is 24.0 Å². The first kappa shape index (κ1) is 25.5. The second-order valence-electron chi connectivity index (χ2n) is 9.19. The number of rotatable bonds is 7. The smallest absolute Gasteiger partial charge is 0.244 e. The summed E-state index contributed by atoms with van der Waals surface area (Å²) in [6.07, 6.45) is 3.73. The number of ketones is 1. The summed E-state index contributed by atoms with van der Waals surface area (Å²) in [4.78, 5) is 27.7. The fourth-order valence-corrected chi connectivity index (χ4v) is 4.67. The minimum atomic E-state index is -0.744. The zero-order valence-electron chi connectivity index (χ0n) is 20.5. The Morgan fingerprint density at radius 1 is 1.00 bits per heavy atom. The van der Waals surface area contributed by atoms with Crippen LogP contribution in [0.25, 0.3) is 11.3 Å². The average Bonchev–Trinajstić information content (AvgIpc) is 3.59. The van der Waals surface area contributed by atoms with Gasteiger partial charge in [-0.2, -0.15) is 0 Å². The summed E-state index contributed by atoms with van der Waals surface area (Å²) in [5.41, 5.74) is 3.22. The molecule has 0 unspecified atom stereocenters. The number of carbonyl (C=O) groups excluding carboxylic acids is 2. The Labute approximate surface area is 223 Å². The Kier molecular flexibility index (Phi) is 7.20. The fraction of sp³-hybridized carbons (Fsp3) is 0.214. The van der Waals surface area contributed by atoms with Gasteiger partial charge in [0.15, 0.2) is 5.78 Å². The fourth-order valence-electron chi connectivity index (χ4n) is 4.41. The molecule has 1 aliphatic rings. The molecule has 2 heterocycles. The summed E-state index contributed by atoms with van der Waals surface area (Å²) < 4.78 is 28.7. The Hall–Kier alpha value is -4.11. The van der Waals surface area contributed by atoms with Gasteiger partial charge >= 0.3 is 0 Å². The van der Waals surface area contributed by atoms with Crippen molar-refractivity contribution in [3.8, 4) is 11.3 Å². The number of carbonyl (C=O) groups is 2. The van der Waals surface area contributed by atoms with E-state index in [-0.39, 0.29) is 34.5 Å². The molecule has 5 rings (SSSR count). The molecule has 3 aromatic carbocycles. The van der Waals surface area contributed by atoms with Crippen LogP contribution in [-0.2, 0) is 11.3 Å². The molecule has 1 fully saturated rings. The first-order chi connectivity index (χ1) is 18.3. The van der Waals surface area contributed by atoms with Gasteiger partial charge in [-0.3, -0.25) is 9.59 Å². The zero-order chi connectivity index (χ0) is 26.8. The molecule has 0 aliphatic carbocycles. The molecule has 1 aromatic heterocycles. The van der Waals surface area contributed by atoms with Gasteiger partial charge in [0, 0.05) is 41.5 Å². The molecule has 10 heteroatoms. The SMILES string of the molecule is Cc1ccc(-c2cn(CC(=O)N3CCCC3)nn2)cc1C(=O)c1ccc(Nc2ccc(F)cc2F)cc1Cl. The lowest BCUT2D eigenvalue weighted by Crippen LogP contribution is -2.31. The number of hydrogen-bond donors (Lipinski definition) is 1. The number of aryl methyl sites for hydroxylation is 1. The van der Waals surface area contributed by atoms with Gasteiger partial charge < -0.3 is 10.2 Å². The van der Waals surface area contributed by atoms with E-state index >= 15 is 0 Å². The van der Waals surface area contributed by atoms with Crippen molar-refractivity contribution < 1.29 is 18.4 Å². The minimum Gasteiger partial charge on any atom is -0.353 e. The summed E-state index contributed by atoms with van der Waals surface area (Å²) in [6.45, 7) is 3.48. The highest BCUT2D eigenvalue weighted by Crippen LogP contribution is 2.29. The molecule has 1 saturated heterocycles. The number of nitrogens with one attached hydrogen (secondary N) is 1. The van der Waals surface area contributed by atoms with Gasteiger partial charge in [-0.1, -0.05) is 28.9 Å². The van der Waals surface area contributed by atoms with Crippen molar-refractivity contribution in [2.75, 3.05) is 18.4 Å². The maximum Gasteiger partial charge on any atom is 0.244 e. The minimum absolute atomic E-state index is 0.00784. The first-order valence-corrected chi connectivity index (χ1v) is 12.5. The van der Waals surface area contributed by atoms with E-state index in [1.54, 1.807) is 24.4 Å². The molecule has 0 atom stereocenters. The van der Waals surface area contributed by atoms with Crippen LogP contribution in [0, 0.1) is 18.6 Å². The van der Waals surface area contributed by atoms with Gasteiger partial charge in [0.1, 0.15) is 23.9 Å². The molecule has 1 aliphatic heterocycles. The third-order valence-electron chi connectivity index (χ3n) is 6.50. The Bertz CT molecular complexity index is 1530. The Morgan fingerprint density at radius 3 is 2.53 bits per heavy atom. The Balaban J connectivity index is 1.35. The predicted octanol–water partition coefficient (Wildman–Crippen LogP) is 5.78. The number of halogens is 3. The molecule has 0 spiro atoms. The van der Waals surface area contributed by atoms with Gasteiger partial charge in [-0.15, -0.1) is 5.10 Å². The summed E-state index contributed by atoms with van der Waals surface area (Å²) in [5, 5.41) is 11.3. The van der Waals surface area contributed by atoms with Crippen LogP contribution < -0.4 is 5.32 Å². The second kappa shape index (κ2) is 10.7. The van der Waals surface area contributed by atoms with Crippen molar-refractivity contribution in [1.29, 1.82) is 0 Å². The van der Waals surface area contributed by atoms with E-state index in [4.69, 9.17) is 11.6 Å². The largest absolute Gasteiger partial charge is 0.353 e. The molecule has 0 saturated carbocycles. The van der Waals surface area contributed by atoms with E-state index < -0.39 is 11.6 Å². The van der Waals surface area contributed by atoms with Crippen LogP contribution in [0.2, 0.25) is 5.02 Å². The topological polar surface area (TPSA) is 80.1 Å². The molecule has 1 N–H and O–H groups in total. The van der Waals surface area contributed by atoms with Crippen LogP contribution in [0.4, 0.5) is 20.2 Å². The van der Waals surface area contributed by atoms with E-state index in [0.29, 0.717) is 22.5 Å². The third kappa shape index (κ3) is 5.43. The van der Waals surface area contributed by atoms with Crippen molar-refractivity contribution in [3.05, 3.63) is 94.1 Å². The van der Waals surface area contributed by atoms with Crippen LogP contribution >= 0.6 is 11.6 Å². The van der Waals surface area contributed by atoms with Crippen molar-refractivity contribution in [2.45, 2.75) is 26.3 Å². The summed E-state index contributed by atoms with van der Waals surface area (Å²) in [7, 11) is 0. The van der Waals surface area contributed by atoms with Crippen molar-refractivity contribution in [3.63, 3.8) is 0 Å². The van der Waals surface area contributed by atoms with Crippen LogP contribution in [0.3, 0.4) is 0 Å². The number of aromatic nitrogens is 3. The number of hydrogen-bond acceptors (Lipinski definition) is 5. The van der Waals surface area contributed by atoms with E-state index in [9.17, 15) is 18.4 Å². The lowest BCUT2D eigenvalue weighted by molar-refractivity contribution is -0.130. The van der Waals surface area contributed by atoms with E-state index in [1.165, 1.54) is 16.8 Å². The number of likely N-dealkylation sites (tertiary alicyclic amines) is 1. The highest BCUT2D eigenvalue weighted by atomic mass is 35.5. The number of anilines is 2. The van der Waals surface area contributed by atoms with Gasteiger partial charge in [0.05, 0.1) is 16.9 Å². The number of amides is 1. The first-order valence-electron chi connectivity index (χ1n) is 12.1. The molecule has 7 nitrogen and oxygen atoms in total. The molecule has 4 aromatic rings. The molecule has 0 bridgehead atoms. The number of benzene rings is 3. The monoisotopic (exact) mass is 535 g/mol. The van der Waals surface area contributed by atoms with E-state index in [0.717, 1.165) is 43.6 Å². The molecule has 38 heavy (non-hydrogen) atoms. The average molecular weight is 536 g/mol. The molecular weight excluding hydrogens is 512 g/mol. The summed E-state index contributed by atoms with van der Waals surface area (Å²) >= 11 is 6.44. The van der Waals surface area contributed by atoms with E-state index in [2.05, 4.69) is 15.6 Å². The van der Waals surface area contributed by atoms with Crippen molar-refractivity contribution in [1.82, 2.24) is 19.9 Å². The summed E-state index contributed by atoms with van der Waals surface area (Å²) in [6, 6.07) is 13.3. The van der Waals surface area contributed by atoms with Crippen molar-refractivity contribution in [2.24, 2.45) is 0 Å². The van der Waals surface area contributed by atoms with Crippen LogP contribution in [0.15, 0.2) is 60.8 Å². The second-order valence-corrected chi connectivity index (χ2v) is 9.60. The third-order valence-corrected chi connectivity index (χ3v) is 6.81. The highest BCUT2D eigenvalue weighted by Gasteiger charge is 2.20. The molecular formula is C28H24ClF2N5O2.